The Balaban J connectivity index is 1.82. The first-order valence-corrected chi connectivity index (χ1v) is 9.30. The second-order valence-corrected chi connectivity index (χ2v) is 7.09. The molecule has 0 saturated heterocycles. The Bertz CT molecular complexity index is 816. The van der Waals surface area contributed by atoms with Crippen LogP contribution in [0.1, 0.15) is 48.3 Å². The lowest BCUT2D eigenvalue weighted by Gasteiger charge is -2.26. The van der Waals surface area contributed by atoms with Gasteiger partial charge in [-0.2, -0.15) is 0 Å². The fraction of sp³-hybridized carbons (Fsp3) is 0.409. The van der Waals surface area contributed by atoms with Crippen molar-refractivity contribution in [2.24, 2.45) is 5.92 Å². The van der Waals surface area contributed by atoms with Crippen molar-refractivity contribution in [2.45, 2.75) is 33.4 Å². The third-order valence-corrected chi connectivity index (χ3v) is 4.79. The third kappa shape index (κ3) is 4.42. The Morgan fingerprint density at radius 3 is 2.52 bits per heavy atom. The number of ketones is 1. The van der Waals surface area contributed by atoms with Gasteiger partial charge >= 0.3 is 0 Å². The van der Waals surface area contributed by atoms with Crippen molar-refractivity contribution in [3.05, 3.63) is 53.1 Å². The van der Waals surface area contributed by atoms with Gasteiger partial charge in [0.25, 0.3) is 0 Å². The molecular weight excluding hydrogens is 342 g/mol. The average Bonchev–Trinajstić information content (AvgIpc) is 2.67. The zero-order chi connectivity index (χ0) is 19.4. The quantitative estimate of drug-likeness (QED) is 0.743. The van der Waals surface area contributed by atoms with Crippen LogP contribution in [-0.2, 0) is 6.54 Å². The van der Waals surface area contributed by atoms with Gasteiger partial charge in [-0.15, -0.1) is 0 Å². The predicted molar refractivity (Wildman–Crippen MR) is 105 cm³/mol. The van der Waals surface area contributed by atoms with Gasteiger partial charge in [0.05, 0.1) is 7.11 Å². The molecular formula is C22H27NO4. The van der Waals surface area contributed by atoms with Crippen molar-refractivity contribution in [3.8, 4) is 17.2 Å². The monoisotopic (exact) mass is 369 g/mol. The second kappa shape index (κ2) is 8.44. The van der Waals surface area contributed by atoms with E-state index in [9.17, 15) is 4.79 Å². The molecule has 0 amide bonds. The van der Waals surface area contributed by atoms with E-state index in [1.165, 1.54) is 0 Å². The van der Waals surface area contributed by atoms with Gasteiger partial charge in [0, 0.05) is 23.7 Å². The van der Waals surface area contributed by atoms with E-state index in [1.807, 2.05) is 18.2 Å². The normalized spacial score (nSPS) is 14.1. The van der Waals surface area contributed by atoms with E-state index in [4.69, 9.17) is 14.2 Å². The lowest BCUT2D eigenvalue weighted by Crippen LogP contribution is -2.26. The number of hydrogen-bond donors (Lipinski definition) is 1. The predicted octanol–water partition coefficient (Wildman–Crippen LogP) is 4.16. The highest BCUT2D eigenvalue weighted by Gasteiger charge is 2.20. The lowest BCUT2D eigenvalue weighted by atomic mass is 9.95. The van der Waals surface area contributed by atoms with Crippen LogP contribution in [0.4, 0.5) is 0 Å². The number of rotatable bonds is 7. The molecule has 0 unspecified atom stereocenters. The summed E-state index contributed by atoms with van der Waals surface area (Å²) in [6.45, 7) is 7.69. The summed E-state index contributed by atoms with van der Waals surface area (Å²) in [6, 6.07) is 11.8. The number of methoxy groups -OCH3 is 1. The summed E-state index contributed by atoms with van der Waals surface area (Å²) in [5, 5.41) is 3.61. The molecule has 0 spiro atoms. The number of fused-ring (bicyclic) bond motifs is 1. The van der Waals surface area contributed by atoms with Crippen LogP contribution in [0, 0.1) is 5.92 Å². The van der Waals surface area contributed by atoms with Crippen molar-refractivity contribution in [1.82, 2.24) is 5.32 Å². The molecule has 1 atom stereocenters. The van der Waals surface area contributed by atoms with Crippen molar-refractivity contribution < 1.29 is 19.0 Å². The SMILES string of the molecule is COc1ccc(C(C)=O)cc1CN[C@@H](c1ccc2c(c1)OCCO2)C(C)C. The van der Waals surface area contributed by atoms with Crippen LogP contribution in [0.2, 0.25) is 0 Å². The summed E-state index contributed by atoms with van der Waals surface area (Å²) in [5.41, 5.74) is 2.80. The van der Waals surface area contributed by atoms with Gasteiger partial charge in [0.15, 0.2) is 17.3 Å². The molecule has 5 nitrogen and oxygen atoms in total. The minimum atomic E-state index is 0.0474. The molecule has 0 radical (unpaired) electrons. The number of benzene rings is 2. The minimum Gasteiger partial charge on any atom is -0.496 e. The molecule has 144 valence electrons. The lowest BCUT2D eigenvalue weighted by molar-refractivity contribution is 0.101. The Labute approximate surface area is 160 Å². The zero-order valence-electron chi connectivity index (χ0n) is 16.4. The van der Waals surface area contributed by atoms with Crippen molar-refractivity contribution in [2.75, 3.05) is 20.3 Å². The number of hydrogen-bond acceptors (Lipinski definition) is 5. The van der Waals surface area contributed by atoms with Gasteiger partial charge in [-0.1, -0.05) is 19.9 Å². The average molecular weight is 369 g/mol. The summed E-state index contributed by atoms with van der Waals surface area (Å²) >= 11 is 0. The molecule has 1 N–H and O–H groups in total. The Kier molecular flexibility index (Phi) is 6.01. The van der Waals surface area contributed by atoms with Crippen LogP contribution in [0.5, 0.6) is 17.2 Å². The minimum absolute atomic E-state index is 0.0474. The molecule has 0 fully saturated rings. The summed E-state index contributed by atoms with van der Waals surface area (Å²) in [5.74, 6) is 2.78. The van der Waals surface area contributed by atoms with Crippen molar-refractivity contribution >= 4 is 5.78 Å². The van der Waals surface area contributed by atoms with Crippen LogP contribution in [0.15, 0.2) is 36.4 Å². The molecule has 2 aromatic rings. The molecule has 5 heteroatoms. The van der Waals surface area contributed by atoms with Gasteiger partial charge in [-0.25, -0.2) is 0 Å². The van der Waals surface area contributed by atoms with Crippen molar-refractivity contribution in [1.29, 1.82) is 0 Å². The summed E-state index contributed by atoms with van der Waals surface area (Å²) in [4.78, 5) is 11.7. The number of carbonyl (C=O) groups is 1. The largest absolute Gasteiger partial charge is 0.496 e. The fourth-order valence-electron chi connectivity index (χ4n) is 3.35. The van der Waals surface area contributed by atoms with E-state index in [-0.39, 0.29) is 11.8 Å². The maximum Gasteiger partial charge on any atom is 0.161 e. The fourth-order valence-corrected chi connectivity index (χ4v) is 3.35. The van der Waals surface area contributed by atoms with Crippen LogP contribution >= 0.6 is 0 Å². The smallest absolute Gasteiger partial charge is 0.161 e. The summed E-state index contributed by atoms with van der Waals surface area (Å²) < 4.78 is 16.8. The number of carbonyl (C=O) groups excluding carboxylic acids is 1. The number of ether oxygens (including phenoxy) is 3. The first-order chi connectivity index (χ1) is 13.0. The molecule has 0 bridgehead atoms. The highest BCUT2D eigenvalue weighted by atomic mass is 16.6. The maximum atomic E-state index is 11.7. The summed E-state index contributed by atoms with van der Waals surface area (Å²) in [6.07, 6.45) is 0. The van der Waals surface area contributed by atoms with Gasteiger partial charge < -0.3 is 19.5 Å². The molecule has 1 heterocycles. The van der Waals surface area contributed by atoms with E-state index in [2.05, 4.69) is 31.3 Å². The van der Waals surface area contributed by atoms with Crippen LogP contribution in [-0.4, -0.2) is 26.1 Å². The highest BCUT2D eigenvalue weighted by molar-refractivity contribution is 5.94. The zero-order valence-corrected chi connectivity index (χ0v) is 16.4. The number of nitrogens with one attached hydrogen (secondary N) is 1. The molecule has 1 aliphatic rings. The van der Waals surface area contributed by atoms with Gasteiger partial charge in [0.1, 0.15) is 19.0 Å². The molecule has 27 heavy (non-hydrogen) atoms. The topological polar surface area (TPSA) is 56.8 Å². The standard InChI is InChI=1S/C22H27NO4/c1-14(2)22(17-6-8-20-21(12-17)27-10-9-26-20)23-13-18-11-16(15(3)24)5-7-19(18)25-4/h5-8,11-12,14,22-23H,9-10,13H2,1-4H3/t22-/m1/s1. The highest BCUT2D eigenvalue weighted by Crippen LogP contribution is 2.34. The Morgan fingerprint density at radius 2 is 1.85 bits per heavy atom. The first kappa shape index (κ1) is 19.2. The molecule has 0 saturated carbocycles. The Morgan fingerprint density at radius 1 is 1.11 bits per heavy atom. The van der Waals surface area contributed by atoms with E-state index >= 15 is 0 Å². The van der Waals surface area contributed by atoms with Crippen molar-refractivity contribution in [3.63, 3.8) is 0 Å². The molecule has 0 aromatic heterocycles. The van der Waals surface area contributed by atoms with Gasteiger partial charge in [0.2, 0.25) is 0 Å². The second-order valence-electron chi connectivity index (χ2n) is 7.09. The maximum absolute atomic E-state index is 11.7. The van der Waals surface area contributed by atoms with Crippen LogP contribution in [0.3, 0.4) is 0 Å². The number of Topliss-reactive ketones (excluding diaryl/α,β-unsaturated/α-hetero) is 1. The van der Waals surface area contributed by atoms with E-state index in [1.54, 1.807) is 20.1 Å². The third-order valence-electron chi connectivity index (χ3n) is 4.79. The van der Waals surface area contributed by atoms with E-state index in [0.29, 0.717) is 31.2 Å². The van der Waals surface area contributed by atoms with E-state index in [0.717, 1.165) is 28.4 Å². The summed E-state index contributed by atoms with van der Waals surface area (Å²) in [7, 11) is 1.65. The molecule has 3 rings (SSSR count). The van der Waals surface area contributed by atoms with Crippen LogP contribution in [0.25, 0.3) is 0 Å². The van der Waals surface area contributed by atoms with E-state index < -0.39 is 0 Å². The molecule has 1 aliphatic heterocycles. The van der Waals surface area contributed by atoms with Crippen LogP contribution < -0.4 is 19.5 Å². The van der Waals surface area contributed by atoms with Gasteiger partial charge in [-0.3, -0.25) is 4.79 Å². The first-order valence-electron chi connectivity index (χ1n) is 9.30. The Hall–Kier alpha value is -2.53. The molecule has 0 aliphatic carbocycles. The molecule has 2 aromatic carbocycles. The van der Waals surface area contributed by atoms with Gasteiger partial charge in [-0.05, 0) is 48.7 Å².